The van der Waals surface area contributed by atoms with Crippen LogP contribution >= 0.6 is 0 Å². The van der Waals surface area contributed by atoms with Gasteiger partial charge < -0.3 is 11.1 Å². The van der Waals surface area contributed by atoms with E-state index in [0.29, 0.717) is 30.3 Å². The lowest BCUT2D eigenvalue weighted by molar-refractivity contribution is 0.981. The third-order valence-electron chi connectivity index (χ3n) is 1.47. The topological polar surface area (TPSA) is 87.6 Å². The molecule has 13 heavy (non-hydrogen) atoms. The summed E-state index contributed by atoms with van der Waals surface area (Å²) in [5.41, 5.74) is 5.76. The second-order valence-corrected chi connectivity index (χ2v) is 2.51. The second kappa shape index (κ2) is 4.38. The van der Waals surface area contributed by atoms with E-state index in [1.54, 1.807) is 6.92 Å². The number of aryl methyl sites for hydroxylation is 1. The first kappa shape index (κ1) is 9.42. The van der Waals surface area contributed by atoms with Crippen LogP contribution in [0.1, 0.15) is 11.4 Å². The lowest BCUT2D eigenvalue weighted by Crippen LogP contribution is -2.15. The van der Waals surface area contributed by atoms with Crippen LogP contribution in [0.3, 0.4) is 0 Å². The molecular formula is C8H11N5. The molecule has 0 radical (unpaired) electrons. The Morgan fingerprint density at radius 3 is 3.08 bits per heavy atom. The molecule has 5 heteroatoms. The van der Waals surface area contributed by atoms with Crippen molar-refractivity contribution in [3.05, 3.63) is 17.6 Å². The number of aromatic nitrogens is 2. The minimum atomic E-state index is 0.444. The van der Waals surface area contributed by atoms with Crippen molar-refractivity contribution in [2.24, 2.45) is 5.73 Å². The van der Waals surface area contributed by atoms with E-state index in [4.69, 9.17) is 11.0 Å². The van der Waals surface area contributed by atoms with E-state index in [1.165, 1.54) is 6.20 Å². The first-order valence-electron chi connectivity index (χ1n) is 3.95. The van der Waals surface area contributed by atoms with Crippen LogP contribution in [0.15, 0.2) is 6.20 Å². The number of nitrogens with zero attached hydrogens (tertiary/aromatic N) is 3. The average Bonchev–Trinajstić information content (AvgIpc) is 2.15. The lowest BCUT2D eigenvalue weighted by atomic mass is 10.3. The fraction of sp³-hybridized carbons (Fsp3) is 0.375. The molecule has 1 heterocycles. The van der Waals surface area contributed by atoms with Crippen LogP contribution in [-0.2, 0) is 0 Å². The summed E-state index contributed by atoms with van der Waals surface area (Å²) in [6, 6.07) is 2.00. The van der Waals surface area contributed by atoms with Crippen molar-refractivity contribution in [3.8, 4) is 6.07 Å². The maximum absolute atomic E-state index is 8.71. The van der Waals surface area contributed by atoms with Crippen LogP contribution in [0.4, 0.5) is 5.82 Å². The molecule has 0 unspecified atom stereocenters. The number of hydrogen-bond donors (Lipinski definition) is 2. The monoisotopic (exact) mass is 177 g/mol. The van der Waals surface area contributed by atoms with Gasteiger partial charge >= 0.3 is 0 Å². The minimum Gasteiger partial charge on any atom is -0.368 e. The third kappa shape index (κ3) is 2.39. The second-order valence-electron chi connectivity index (χ2n) is 2.51. The van der Waals surface area contributed by atoms with E-state index < -0.39 is 0 Å². The van der Waals surface area contributed by atoms with Crippen molar-refractivity contribution < 1.29 is 0 Å². The van der Waals surface area contributed by atoms with Crippen molar-refractivity contribution in [1.29, 1.82) is 5.26 Å². The maximum Gasteiger partial charge on any atom is 0.147 e. The molecule has 5 nitrogen and oxygen atoms in total. The summed E-state index contributed by atoms with van der Waals surface area (Å²) in [7, 11) is 0. The van der Waals surface area contributed by atoms with Crippen LogP contribution in [-0.4, -0.2) is 23.1 Å². The van der Waals surface area contributed by atoms with Crippen LogP contribution in [0.2, 0.25) is 0 Å². The van der Waals surface area contributed by atoms with Crippen molar-refractivity contribution in [3.63, 3.8) is 0 Å². The molecule has 0 aliphatic carbocycles. The summed E-state index contributed by atoms with van der Waals surface area (Å²) in [4.78, 5) is 8.00. The molecular weight excluding hydrogens is 166 g/mol. The normalized spacial score (nSPS) is 9.31. The Kier molecular flexibility index (Phi) is 3.17. The Morgan fingerprint density at radius 2 is 2.46 bits per heavy atom. The zero-order chi connectivity index (χ0) is 9.68. The third-order valence-corrected chi connectivity index (χ3v) is 1.47. The van der Waals surface area contributed by atoms with E-state index >= 15 is 0 Å². The number of nitrogens with one attached hydrogen (secondary N) is 1. The molecule has 68 valence electrons. The standard InChI is InChI=1S/C8H11N5/c1-6-12-5-7(4-10)8(13-6)11-3-2-9/h5H,2-3,9H2,1H3,(H,11,12,13). The maximum atomic E-state index is 8.71. The Labute approximate surface area is 76.6 Å². The van der Waals surface area contributed by atoms with Gasteiger partial charge in [0.15, 0.2) is 0 Å². The predicted molar refractivity (Wildman–Crippen MR) is 49.0 cm³/mol. The lowest BCUT2D eigenvalue weighted by Gasteiger charge is -2.05. The molecule has 0 atom stereocenters. The summed E-state index contributed by atoms with van der Waals surface area (Å²) in [5, 5.41) is 11.7. The van der Waals surface area contributed by atoms with E-state index in [-0.39, 0.29) is 0 Å². The van der Waals surface area contributed by atoms with Crippen molar-refractivity contribution in [2.45, 2.75) is 6.92 Å². The molecule has 1 rings (SSSR count). The number of rotatable bonds is 3. The highest BCUT2D eigenvalue weighted by Crippen LogP contribution is 2.08. The Bertz CT molecular complexity index is 328. The fourth-order valence-electron chi connectivity index (χ4n) is 0.877. The predicted octanol–water partition coefficient (Wildman–Crippen LogP) is 0.0273. The molecule has 0 saturated carbocycles. The minimum absolute atomic E-state index is 0.444. The molecule has 1 aromatic heterocycles. The van der Waals surface area contributed by atoms with Gasteiger partial charge in [-0.05, 0) is 6.92 Å². The quantitative estimate of drug-likeness (QED) is 0.680. The number of nitrogens with two attached hydrogens (primary N) is 1. The fourth-order valence-corrected chi connectivity index (χ4v) is 0.877. The highest BCUT2D eigenvalue weighted by molar-refractivity contribution is 5.50. The summed E-state index contributed by atoms with van der Waals surface area (Å²) in [5.74, 6) is 1.19. The van der Waals surface area contributed by atoms with Crippen LogP contribution in [0.25, 0.3) is 0 Å². The van der Waals surface area contributed by atoms with Gasteiger partial charge in [0.1, 0.15) is 23.3 Å². The molecule has 0 bridgehead atoms. The molecule has 0 aromatic carbocycles. The summed E-state index contributed by atoms with van der Waals surface area (Å²) < 4.78 is 0. The van der Waals surface area contributed by atoms with E-state index in [0.717, 1.165) is 0 Å². The highest BCUT2D eigenvalue weighted by Gasteiger charge is 2.02. The summed E-state index contributed by atoms with van der Waals surface area (Å²) in [6.45, 7) is 2.88. The zero-order valence-corrected chi connectivity index (χ0v) is 7.41. The zero-order valence-electron chi connectivity index (χ0n) is 7.41. The SMILES string of the molecule is Cc1ncc(C#N)c(NCCN)n1. The van der Waals surface area contributed by atoms with E-state index in [9.17, 15) is 0 Å². The van der Waals surface area contributed by atoms with Gasteiger partial charge in [0.05, 0.1) is 6.20 Å². The molecule has 3 N–H and O–H groups in total. The van der Waals surface area contributed by atoms with Gasteiger partial charge in [-0.2, -0.15) is 5.26 Å². The largest absolute Gasteiger partial charge is 0.368 e. The number of nitriles is 1. The molecule has 0 aliphatic rings. The van der Waals surface area contributed by atoms with Crippen LogP contribution in [0, 0.1) is 18.3 Å². The van der Waals surface area contributed by atoms with Gasteiger partial charge in [-0.1, -0.05) is 0 Å². The van der Waals surface area contributed by atoms with Crippen molar-refractivity contribution >= 4 is 5.82 Å². The van der Waals surface area contributed by atoms with Crippen molar-refractivity contribution in [1.82, 2.24) is 9.97 Å². The summed E-state index contributed by atoms with van der Waals surface area (Å²) in [6.07, 6.45) is 1.50. The van der Waals surface area contributed by atoms with Gasteiger partial charge in [-0.3, -0.25) is 0 Å². The molecule has 0 aliphatic heterocycles. The van der Waals surface area contributed by atoms with Gasteiger partial charge in [0, 0.05) is 13.1 Å². The smallest absolute Gasteiger partial charge is 0.147 e. The molecule has 1 aromatic rings. The Hall–Kier alpha value is -1.67. The van der Waals surface area contributed by atoms with Gasteiger partial charge in [0.25, 0.3) is 0 Å². The number of hydrogen-bond acceptors (Lipinski definition) is 5. The van der Waals surface area contributed by atoms with Gasteiger partial charge in [0.2, 0.25) is 0 Å². The first-order valence-corrected chi connectivity index (χ1v) is 3.95. The first-order chi connectivity index (χ1) is 6.27. The Morgan fingerprint density at radius 1 is 1.69 bits per heavy atom. The van der Waals surface area contributed by atoms with E-state index in [2.05, 4.69) is 15.3 Å². The molecule has 0 spiro atoms. The summed E-state index contributed by atoms with van der Waals surface area (Å²) >= 11 is 0. The van der Waals surface area contributed by atoms with Gasteiger partial charge in [-0.25, -0.2) is 9.97 Å². The molecule has 0 amide bonds. The highest BCUT2D eigenvalue weighted by atomic mass is 15.0. The van der Waals surface area contributed by atoms with Crippen LogP contribution < -0.4 is 11.1 Å². The van der Waals surface area contributed by atoms with Crippen LogP contribution in [0.5, 0.6) is 0 Å². The number of anilines is 1. The Balaban J connectivity index is 2.89. The molecule has 0 saturated heterocycles. The molecule has 0 fully saturated rings. The average molecular weight is 177 g/mol. The van der Waals surface area contributed by atoms with Crippen molar-refractivity contribution in [2.75, 3.05) is 18.4 Å². The van der Waals surface area contributed by atoms with Gasteiger partial charge in [-0.15, -0.1) is 0 Å². The van der Waals surface area contributed by atoms with E-state index in [1.807, 2.05) is 6.07 Å².